The van der Waals surface area contributed by atoms with E-state index in [-0.39, 0.29) is 24.3 Å². The van der Waals surface area contributed by atoms with Crippen LogP contribution in [0.25, 0.3) is 0 Å². The van der Waals surface area contributed by atoms with Crippen LogP contribution in [-0.4, -0.2) is 61.5 Å². The predicted octanol–water partition coefficient (Wildman–Crippen LogP) is 1.96. The third-order valence-electron chi connectivity index (χ3n) is 5.93. The molecule has 6 nitrogen and oxygen atoms in total. The van der Waals surface area contributed by atoms with Crippen LogP contribution in [0.5, 0.6) is 0 Å². The van der Waals surface area contributed by atoms with Crippen molar-refractivity contribution in [2.75, 3.05) is 39.9 Å². The number of rotatable bonds is 4. The Morgan fingerprint density at radius 2 is 1.74 bits per heavy atom. The Morgan fingerprint density at radius 1 is 1.11 bits per heavy atom. The summed E-state index contributed by atoms with van der Waals surface area (Å²) < 4.78 is 4.90. The number of amides is 2. The number of ether oxygens (including phenoxy) is 1. The molecule has 2 aliphatic rings. The van der Waals surface area contributed by atoms with Gasteiger partial charge in [0.15, 0.2) is 0 Å². The third kappa shape index (κ3) is 4.14. The lowest BCUT2D eigenvalue weighted by Gasteiger charge is -2.40. The highest BCUT2D eigenvalue weighted by Crippen LogP contribution is 2.35. The van der Waals surface area contributed by atoms with E-state index < -0.39 is 5.41 Å². The van der Waals surface area contributed by atoms with Crippen molar-refractivity contribution >= 4 is 11.8 Å². The van der Waals surface area contributed by atoms with Gasteiger partial charge in [0, 0.05) is 39.2 Å². The van der Waals surface area contributed by atoms with Crippen LogP contribution in [0.1, 0.15) is 31.2 Å². The molecule has 6 heteroatoms. The molecule has 2 amide bonds. The summed E-state index contributed by atoms with van der Waals surface area (Å²) in [5.74, 6) is 0.138. The maximum atomic E-state index is 12.9. The zero-order valence-corrected chi connectivity index (χ0v) is 15.9. The number of nitriles is 1. The minimum atomic E-state index is -0.492. The van der Waals surface area contributed by atoms with E-state index in [1.165, 1.54) is 7.11 Å². The number of piperidine rings is 2. The molecular formula is C21H27N3O3. The minimum Gasteiger partial charge on any atom is -0.375 e. The fourth-order valence-corrected chi connectivity index (χ4v) is 4.18. The third-order valence-corrected chi connectivity index (χ3v) is 5.93. The van der Waals surface area contributed by atoms with Crippen molar-refractivity contribution in [1.29, 1.82) is 5.26 Å². The van der Waals surface area contributed by atoms with Crippen LogP contribution < -0.4 is 0 Å². The van der Waals surface area contributed by atoms with Gasteiger partial charge in [-0.2, -0.15) is 5.26 Å². The zero-order chi connectivity index (χ0) is 19.3. The number of methoxy groups -OCH3 is 1. The van der Waals surface area contributed by atoms with Crippen molar-refractivity contribution in [3.8, 4) is 6.07 Å². The van der Waals surface area contributed by atoms with Crippen LogP contribution in [0.4, 0.5) is 0 Å². The first-order chi connectivity index (χ1) is 13.1. The number of nitrogens with zero attached hydrogens (tertiary/aromatic N) is 3. The fraction of sp³-hybridized carbons (Fsp3) is 0.571. The van der Waals surface area contributed by atoms with E-state index in [0.29, 0.717) is 51.9 Å². The lowest BCUT2D eigenvalue weighted by Crippen LogP contribution is -2.49. The van der Waals surface area contributed by atoms with Gasteiger partial charge in [0.05, 0.1) is 11.5 Å². The molecule has 0 unspecified atom stereocenters. The highest BCUT2D eigenvalue weighted by Gasteiger charge is 2.39. The Labute approximate surface area is 160 Å². The van der Waals surface area contributed by atoms with Crippen LogP contribution in [0, 0.1) is 17.2 Å². The van der Waals surface area contributed by atoms with Gasteiger partial charge in [-0.25, -0.2) is 0 Å². The molecule has 3 rings (SSSR count). The predicted molar refractivity (Wildman–Crippen MR) is 101 cm³/mol. The molecule has 0 bridgehead atoms. The normalized spacial score (nSPS) is 20.1. The largest absolute Gasteiger partial charge is 0.375 e. The van der Waals surface area contributed by atoms with Crippen LogP contribution in [0.2, 0.25) is 0 Å². The summed E-state index contributed by atoms with van der Waals surface area (Å²) in [6.45, 7) is 2.55. The van der Waals surface area contributed by atoms with Gasteiger partial charge in [-0.05, 0) is 31.2 Å². The van der Waals surface area contributed by atoms with E-state index in [1.807, 2.05) is 35.2 Å². The summed E-state index contributed by atoms with van der Waals surface area (Å²) in [5, 5.41) is 9.79. The second-order valence-electron chi connectivity index (χ2n) is 7.47. The summed E-state index contributed by atoms with van der Waals surface area (Å²) >= 11 is 0. The minimum absolute atomic E-state index is 0.0111. The van der Waals surface area contributed by atoms with E-state index in [0.717, 1.165) is 5.56 Å². The molecule has 2 heterocycles. The number of carbonyl (C=O) groups is 2. The van der Waals surface area contributed by atoms with Crippen LogP contribution in [0.15, 0.2) is 30.3 Å². The van der Waals surface area contributed by atoms with Gasteiger partial charge in [-0.3, -0.25) is 9.59 Å². The van der Waals surface area contributed by atoms with Crippen LogP contribution in [0.3, 0.4) is 0 Å². The van der Waals surface area contributed by atoms with Gasteiger partial charge in [0.1, 0.15) is 6.61 Å². The maximum absolute atomic E-state index is 12.9. The van der Waals surface area contributed by atoms with Crippen LogP contribution >= 0.6 is 0 Å². The van der Waals surface area contributed by atoms with E-state index in [1.54, 1.807) is 4.90 Å². The molecule has 0 saturated carbocycles. The Hall–Kier alpha value is -2.39. The number of likely N-dealkylation sites (tertiary alicyclic amines) is 2. The first-order valence-electron chi connectivity index (χ1n) is 9.62. The average molecular weight is 369 g/mol. The molecule has 144 valence electrons. The summed E-state index contributed by atoms with van der Waals surface area (Å²) in [4.78, 5) is 28.5. The van der Waals surface area contributed by atoms with E-state index >= 15 is 0 Å². The van der Waals surface area contributed by atoms with Gasteiger partial charge in [-0.1, -0.05) is 30.3 Å². The van der Waals surface area contributed by atoms with Crippen molar-refractivity contribution in [3.05, 3.63) is 35.9 Å². The van der Waals surface area contributed by atoms with Crippen molar-refractivity contribution in [1.82, 2.24) is 9.80 Å². The second kappa shape index (κ2) is 8.53. The molecule has 1 aromatic carbocycles. The van der Waals surface area contributed by atoms with Crippen LogP contribution in [-0.2, 0) is 19.7 Å². The smallest absolute Gasteiger partial charge is 0.248 e. The molecule has 2 aliphatic heterocycles. The number of carbonyl (C=O) groups excluding carboxylic acids is 2. The summed E-state index contributed by atoms with van der Waals surface area (Å²) in [6.07, 6.45) is 2.74. The van der Waals surface area contributed by atoms with Crippen molar-refractivity contribution in [3.63, 3.8) is 0 Å². The van der Waals surface area contributed by atoms with E-state index in [2.05, 4.69) is 6.07 Å². The summed E-state index contributed by atoms with van der Waals surface area (Å²) in [5.41, 5.74) is 0.554. The quantitative estimate of drug-likeness (QED) is 0.813. The van der Waals surface area contributed by atoms with Gasteiger partial charge in [-0.15, -0.1) is 0 Å². The van der Waals surface area contributed by atoms with Crippen molar-refractivity contribution in [2.24, 2.45) is 5.92 Å². The van der Waals surface area contributed by atoms with Gasteiger partial charge < -0.3 is 14.5 Å². The Kier molecular flexibility index (Phi) is 6.12. The van der Waals surface area contributed by atoms with E-state index in [4.69, 9.17) is 4.74 Å². The molecule has 0 spiro atoms. The Bertz CT molecular complexity index is 697. The Balaban J connectivity index is 1.55. The average Bonchev–Trinajstić information content (AvgIpc) is 2.74. The number of hydrogen-bond donors (Lipinski definition) is 0. The lowest BCUT2D eigenvalue weighted by molar-refractivity contribution is -0.143. The lowest BCUT2D eigenvalue weighted by atomic mass is 9.74. The Morgan fingerprint density at radius 3 is 2.30 bits per heavy atom. The van der Waals surface area contributed by atoms with Crippen molar-refractivity contribution in [2.45, 2.75) is 31.1 Å². The standard InChI is InChI=1S/C21H27N3O3/c1-27-15-19(25)23-11-7-17(8-12-23)20(26)24-13-9-21(16-22,10-14-24)18-5-3-2-4-6-18/h2-6,17H,7-15H2,1H3. The SMILES string of the molecule is COCC(=O)N1CCC(C(=O)N2CCC(C#N)(c3ccccc3)CC2)CC1. The molecule has 1 aromatic rings. The van der Waals surface area contributed by atoms with Crippen molar-refractivity contribution < 1.29 is 14.3 Å². The highest BCUT2D eigenvalue weighted by atomic mass is 16.5. The molecule has 2 fully saturated rings. The first kappa shape index (κ1) is 19.4. The second-order valence-corrected chi connectivity index (χ2v) is 7.47. The number of benzene rings is 1. The monoisotopic (exact) mass is 369 g/mol. The fourth-order valence-electron chi connectivity index (χ4n) is 4.18. The molecule has 0 N–H and O–H groups in total. The molecule has 27 heavy (non-hydrogen) atoms. The molecule has 2 saturated heterocycles. The summed E-state index contributed by atoms with van der Waals surface area (Å²) in [6, 6.07) is 12.4. The highest BCUT2D eigenvalue weighted by molar-refractivity contribution is 5.80. The van der Waals surface area contributed by atoms with Gasteiger partial charge in [0.25, 0.3) is 0 Å². The molecule has 0 radical (unpaired) electrons. The first-order valence-corrected chi connectivity index (χ1v) is 9.62. The zero-order valence-electron chi connectivity index (χ0n) is 15.9. The molecule has 0 aliphatic carbocycles. The van der Waals surface area contributed by atoms with E-state index in [9.17, 15) is 14.9 Å². The number of hydrogen-bond acceptors (Lipinski definition) is 4. The molecule has 0 atom stereocenters. The maximum Gasteiger partial charge on any atom is 0.248 e. The molecule has 0 aromatic heterocycles. The van der Waals surface area contributed by atoms with Gasteiger partial charge in [0.2, 0.25) is 11.8 Å². The molecular weight excluding hydrogens is 342 g/mol. The summed E-state index contributed by atoms with van der Waals surface area (Å²) in [7, 11) is 1.52. The topological polar surface area (TPSA) is 73.6 Å². The van der Waals surface area contributed by atoms with Gasteiger partial charge >= 0.3 is 0 Å².